The average Bonchev–Trinajstić information content (AvgIpc) is 3.08. The molecule has 142 valence electrons. The van der Waals surface area contributed by atoms with Crippen LogP contribution in [0.15, 0.2) is 47.7 Å². The van der Waals surface area contributed by atoms with E-state index in [1.54, 1.807) is 0 Å². The second-order valence-electron chi connectivity index (χ2n) is 6.41. The number of piperazine rings is 1. The molecule has 0 saturated carbocycles. The lowest BCUT2D eigenvalue weighted by atomic mass is 10.2. The minimum atomic E-state index is 0. The summed E-state index contributed by atoms with van der Waals surface area (Å²) in [4.78, 5) is 9.24. The molecule has 0 bridgehead atoms. The van der Waals surface area contributed by atoms with E-state index in [4.69, 9.17) is 0 Å². The number of aliphatic imine (C=N–C) groups is 1. The van der Waals surface area contributed by atoms with Crippen molar-refractivity contribution in [3.8, 4) is 0 Å². The summed E-state index contributed by atoms with van der Waals surface area (Å²) in [5, 5.41) is 7.71. The zero-order valence-electron chi connectivity index (χ0n) is 15.6. The Morgan fingerprint density at radius 2 is 1.88 bits per heavy atom. The summed E-state index contributed by atoms with van der Waals surface area (Å²) >= 11 is 0. The molecule has 2 aromatic rings. The van der Waals surface area contributed by atoms with Crippen LogP contribution in [0.3, 0.4) is 0 Å². The predicted molar refractivity (Wildman–Crippen MR) is 119 cm³/mol. The van der Waals surface area contributed by atoms with E-state index in [1.165, 1.54) is 11.3 Å². The Balaban J connectivity index is 0.00000243. The highest BCUT2D eigenvalue weighted by molar-refractivity contribution is 14.0. The van der Waals surface area contributed by atoms with E-state index in [1.807, 2.05) is 25.0 Å². The zero-order chi connectivity index (χ0) is 17.5. The summed E-state index contributed by atoms with van der Waals surface area (Å²) < 4.78 is 1.86. The van der Waals surface area contributed by atoms with Crippen molar-refractivity contribution in [3.63, 3.8) is 0 Å². The normalized spacial score (nSPS) is 14.9. The molecule has 1 aliphatic heterocycles. The molecule has 1 aromatic heterocycles. The molecule has 0 amide bonds. The van der Waals surface area contributed by atoms with Gasteiger partial charge in [0.1, 0.15) is 0 Å². The first-order valence-corrected chi connectivity index (χ1v) is 8.99. The van der Waals surface area contributed by atoms with Crippen LogP contribution in [0.1, 0.15) is 12.0 Å². The SMILES string of the molecule is CN=C(NCCCc1cnn(C)c1)N1CCN(c2ccccc2)CC1.I. The number of para-hydroxylation sites is 1. The number of guanidine groups is 1. The molecule has 1 aliphatic rings. The van der Waals surface area contributed by atoms with Crippen LogP contribution in [0.2, 0.25) is 0 Å². The Kier molecular flexibility index (Phi) is 8.21. The number of benzene rings is 1. The van der Waals surface area contributed by atoms with Crippen molar-refractivity contribution in [2.45, 2.75) is 12.8 Å². The van der Waals surface area contributed by atoms with Crippen LogP contribution in [-0.4, -0.2) is 60.4 Å². The minimum Gasteiger partial charge on any atom is -0.368 e. The van der Waals surface area contributed by atoms with Crippen LogP contribution < -0.4 is 10.2 Å². The summed E-state index contributed by atoms with van der Waals surface area (Å²) in [5.41, 5.74) is 2.59. The maximum Gasteiger partial charge on any atom is 0.193 e. The number of hydrogen-bond acceptors (Lipinski definition) is 3. The summed E-state index contributed by atoms with van der Waals surface area (Å²) in [5.74, 6) is 1.01. The second-order valence-corrected chi connectivity index (χ2v) is 6.41. The predicted octanol–water partition coefficient (Wildman–Crippen LogP) is 2.37. The van der Waals surface area contributed by atoms with Gasteiger partial charge >= 0.3 is 0 Å². The highest BCUT2D eigenvalue weighted by Crippen LogP contribution is 2.15. The van der Waals surface area contributed by atoms with Crippen LogP contribution in [-0.2, 0) is 13.5 Å². The number of anilines is 1. The Hall–Kier alpha value is -1.77. The summed E-state index contributed by atoms with van der Waals surface area (Å²) in [7, 11) is 3.83. The van der Waals surface area contributed by atoms with Gasteiger partial charge in [0.15, 0.2) is 5.96 Å². The molecule has 0 aliphatic carbocycles. The van der Waals surface area contributed by atoms with E-state index >= 15 is 0 Å². The van der Waals surface area contributed by atoms with E-state index in [9.17, 15) is 0 Å². The lowest BCUT2D eigenvalue weighted by molar-refractivity contribution is 0.372. The number of aryl methyl sites for hydroxylation is 2. The average molecular weight is 468 g/mol. The van der Waals surface area contributed by atoms with Gasteiger partial charge in [-0.3, -0.25) is 9.67 Å². The Bertz CT molecular complexity index is 676. The molecule has 0 radical (unpaired) electrons. The topological polar surface area (TPSA) is 48.7 Å². The van der Waals surface area contributed by atoms with E-state index in [2.05, 4.69) is 61.7 Å². The summed E-state index contributed by atoms with van der Waals surface area (Å²) in [6.07, 6.45) is 6.14. The largest absolute Gasteiger partial charge is 0.368 e. The van der Waals surface area contributed by atoms with Crippen LogP contribution >= 0.6 is 24.0 Å². The number of hydrogen-bond donors (Lipinski definition) is 1. The number of nitrogens with zero attached hydrogens (tertiary/aromatic N) is 5. The number of aromatic nitrogens is 2. The maximum absolute atomic E-state index is 4.45. The smallest absolute Gasteiger partial charge is 0.193 e. The lowest BCUT2D eigenvalue weighted by Gasteiger charge is -2.37. The van der Waals surface area contributed by atoms with Crippen molar-refractivity contribution >= 4 is 35.6 Å². The fourth-order valence-corrected chi connectivity index (χ4v) is 3.24. The molecule has 3 rings (SSSR count). The fraction of sp³-hybridized carbons (Fsp3) is 0.474. The molecule has 7 heteroatoms. The third kappa shape index (κ3) is 5.62. The summed E-state index contributed by atoms with van der Waals surface area (Å²) in [6.45, 7) is 4.98. The van der Waals surface area contributed by atoms with Crippen molar-refractivity contribution in [2.75, 3.05) is 44.7 Å². The Labute approximate surface area is 173 Å². The monoisotopic (exact) mass is 468 g/mol. The third-order valence-corrected chi connectivity index (χ3v) is 4.60. The van der Waals surface area contributed by atoms with Crippen LogP contribution in [0.5, 0.6) is 0 Å². The van der Waals surface area contributed by atoms with Crippen molar-refractivity contribution in [3.05, 3.63) is 48.3 Å². The molecular formula is C19H29IN6. The molecule has 1 saturated heterocycles. The molecule has 2 heterocycles. The molecule has 1 fully saturated rings. The molecule has 0 atom stereocenters. The molecule has 0 unspecified atom stereocenters. The third-order valence-electron chi connectivity index (χ3n) is 4.60. The van der Waals surface area contributed by atoms with Gasteiger partial charge in [-0.1, -0.05) is 18.2 Å². The minimum absolute atomic E-state index is 0. The van der Waals surface area contributed by atoms with E-state index < -0.39 is 0 Å². The molecule has 1 aromatic carbocycles. The number of nitrogens with one attached hydrogen (secondary N) is 1. The van der Waals surface area contributed by atoms with Crippen molar-refractivity contribution in [2.24, 2.45) is 12.0 Å². The first-order chi connectivity index (χ1) is 12.3. The van der Waals surface area contributed by atoms with Gasteiger partial charge in [0, 0.05) is 58.7 Å². The van der Waals surface area contributed by atoms with Crippen LogP contribution in [0.4, 0.5) is 5.69 Å². The highest BCUT2D eigenvalue weighted by atomic mass is 127. The molecule has 26 heavy (non-hydrogen) atoms. The lowest BCUT2D eigenvalue weighted by Crippen LogP contribution is -2.52. The Morgan fingerprint density at radius 3 is 2.50 bits per heavy atom. The first-order valence-electron chi connectivity index (χ1n) is 8.99. The number of halogens is 1. The van der Waals surface area contributed by atoms with Crippen LogP contribution in [0, 0.1) is 0 Å². The van der Waals surface area contributed by atoms with E-state index in [0.29, 0.717) is 0 Å². The van der Waals surface area contributed by atoms with E-state index in [0.717, 1.165) is 51.5 Å². The van der Waals surface area contributed by atoms with Gasteiger partial charge in [-0.25, -0.2) is 0 Å². The van der Waals surface area contributed by atoms with Gasteiger partial charge in [-0.15, -0.1) is 24.0 Å². The standard InChI is InChI=1S/C19H28N6.HI/c1-20-19(21-10-6-7-17-15-22-23(2)16-17)25-13-11-24(12-14-25)18-8-4-3-5-9-18;/h3-5,8-9,15-16H,6-7,10-14H2,1-2H3,(H,20,21);1H. The quantitative estimate of drug-likeness (QED) is 0.317. The molecular weight excluding hydrogens is 439 g/mol. The van der Waals surface area contributed by atoms with Crippen molar-refractivity contribution < 1.29 is 0 Å². The van der Waals surface area contributed by atoms with E-state index in [-0.39, 0.29) is 24.0 Å². The maximum atomic E-state index is 4.45. The van der Waals surface area contributed by atoms with Gasteiger partial charge in [0.25, 0.3) is 0 Å². The molecule has 0 spiro atoms. The Morgan fingerprint density at radius 1 is 1.15 bits per heavy atom. The van der Waals surface area contributed by atoms with Gasteiger partial charge in [-0.05, 0) is 30.5 Å². The zero-order valence-corrected chi connectivity index (χ0v) is 18.0. The first kappa shape index (κ1) is 20.5. The van der Waals surface area contributed by atoms with Crippen molar-refractivity contribution in [1.29, 1.82) is 0 Å². The fourth-order valence-electron chi connectivity index (χ4n) is 3.24. The summed E-state index contributed by atoms with van der Waals surface area (Å²) in [6, 6.07) is 10.6. The second kappa shape index (κ2) is 10.4. The van der Waals surface area contributed by atoms with Gasteiger partial charge in [-0.2, -0.15) is 5.10 Å². The number of rotatable bonds is 5. The molecule has 1 N–H and O–H groups in total. The van der Waals surface area contributed by atoms with Gasteiger partial charge in [0.2, 0.25) is 0 Å². The van der Waals surface area contributed by atoms with Crippen LogP contribution in [0.25, 0.3) is 0 Å². The molecule has 6 nitrogen and oxygen atoms in total. The van der Waals surface area contributed by atoms with Gasteiger partial charge < -0.3 is 15.1 Å². The highest BCUT2D eigenvalue weighted by Gasteiger charge is 2.19. The van der Waals surface area contributed by atoms with Gasteiger partial charge in [0.05, 0.1) is 6.20 Å². The van der Waals surface area contributed by atoms with Crippen molar-refractivity contribution in [1.82, 2.24) is 20.0 Å².